The Kier molecular flexibility index (Phi) is 4.79. The van der Waals surface area contributed by atoms with Gasteiger partial charge < -0.3 is 5.11 Å². The molecule has 3 heteroatoms. The normalized spacial score (nSPS) is 19.5. The highest BCUT2D eigenvalue weighted by Crippen LogP contribution is 2.46. The maximum absolute atomic E-state index is 13.7. The molecule has 0 aromatic heterocycles. The molecule has 1 aliphatic carbocycles. The van der Waals surface area contributed by atoms with Crippen molar-refractivity contribution in [3.8, 4) is 0 Å². The third-order valence-corrected chi connectivity index (χ3v) is 4.55. The number of rotatable bonds is 5. The fourth-order valence-electron chi connectivity index (χ4n) is 3.68. The first-order valence-corrected chi connectivity index (χ1v) is 7.55. The van der Waals surface area contributed by atoms with E-state index in [4.69, 9.17) is 0 Å². The number of aliphatic hydroxyl groups excluding tert-OH is 1. The van der Waals surface area contributed by atoms with Gasteiger partial charge in [-0.1, -0.05) is 32.8 Å². The molecule has 0 amide bonds. The van der Waals surface area contributed by atoms with Gasteiger partial charge in [0.05, 0.1) is 6.10 Å². The van der Waals surface area contributed by atoms with E-state index in [1.54, 1.807) is 0 Å². The lowest BCUT2D eigenvalue weighted by Gasteiger charge is -2.36. The van der Waals surface area contributed by atoms with Crippen LogP contribution in [-0.4, -0.2) is 11.2 Å². The molecule has 20 heavy (non-hydrogen) atoms. The Balaban J connectivity index is 2.14. The van der Waals surface area contributed by atoms with Gasteiger partial charge in [-0.25, -0.2) is 8.78 Å². The van der Waals surface area contributed by atoms with Crippen LogP contribution in [0.1, 0.15) is 51.5 Å². The Morgan fingerprint density at radius 3 is 2.40 bits per heavy atom. The lowest BCUT2D eigenvalue weighted by molar-refractivity contribution is 0.0128. The van der Waals surface area contributed by atoms with Crippen LogP contribution < -0.4 is 0 Å². The van der Waals surface area contributed by atoms with E-state index in [0.717, 1.165) is 38.2 Å². The van der Waals surface area contributed by atoms with Gasteiger partial charge >= 0.3 is 0 Å². The Labute approximate surface area is 120 Å². The van der Waals surface area contributed by atoms with Crippen LogP contribution in [0.15, 0.2) is 18.2 Å². The Hall–Kier alpha value is -0.960. The summed E-state index contributed by atoms with van der Waals surface area (Å²) in [5, 5.41) is 10.6. The van der Waals surface area contributed by atoms with Crippen molar-refractivity contribution in [2.45, 2.75) is 58.5 Å². The highest BCUT2D eigenvalue weighted by molar-refractivity contribution is 5.20. The SMILES string of the molecule is CC(C)CC1(C(O)Cc2ccc(F)cc2F)CCCC1. The first-order valence-electron chi connectivity index (χ1n) is 7.55. The molecule has 1 aliphatic rings. The van der Waals surface area contributed by atoms with Crippen LogP contribution in [0, 0.1) is 23.0 Å². The molecule has 0 aliphatic heterocycles. The molecule has 0 bridgehead atoms. The lowest BCUT2D eigenvalue weighted by Crippen LogP contribution is -2.35. The minimum Gasteiger partial charge on any atom is -0.392 e. The summed E-state index contributed by atoms with van der Waals surface area (Å²) >= 11 is 0. The van der Waals surface area contributed by atoms with Crippen LogP contribution in [0.3, 0.4) is 0 Å². The highest BCUT2D eigenvalue weighted by Gasteiger charge is 2.40. The topological polar surface area (TPSA) is 20.2 Å². The molecule has 1 unspecified atom stereocenters. The molecular formula is C17H24F2O. The standard InChI is InChI=1S/C17H24F2O/c1-12(2)11-17(7-3-4-8-17)16(20)9-13-5-6-14(18)10-15(13)19/h5-6,10,12,16,20H,3-4,7-9,11H2,1-2H3. The fraction of sp³-hybridized carbons (Fsp3) is 0.647. The molecule has 1 aromatic rings. The van der Waals surface area contributed by atoms with Crippen molar-refractivity contribution in [2.24, 2.45) is 11.3 Å². The second-order valence-electron chi connectivity index (χ2n) is 6.62. The van der Waals surface area contributed by atoms with Gasteiger partial charge in [0.2, 0.25) is 0 Å². The van der Waals surface area contributed by atoms with Gasteiger partial charge in [0.15, 0.2) is 0 Å². The number of hydrogen-bond acceptors (Lipinski definition) is 1. The first-order chi connectivity index (χ1) is 9.43. The Morgan fingerprint density at radius 2 is 1.85 bits per heavy atom. The summed E-state index contributed by atoms with van der Waals surface area (Å²) in [5.41, 5.74) is 0.323. The van der Waals surface area contributed by atoms with Crippen molar-refractivity contribution < 1.29 is 13.9 Å². The molecule has 0 radical (unpaired) electrons. The van der Waals surface area contributed by atoms with Gasteiger partial charge in [-0.2, -0.15) is 0 Å². The zero-order valence-electron chi connectivity index (χ0n) is 12.3. The highest BCUT2D eigenvalue weighted by atomic mass is 19.1. The zero-order valence-corrected chi connectivity index (χ0v) is 12.3. The van der Waals surface area contributed by atoms with Gasteiger partial charge in [-0.05, 0) is 42.2 Å². The molecule has 112 valence electrons. The first kappa shape index (κ1) is 15.4. The molecule has 0 saturated heterocycles. The van der Waals surface area contributed by atoms with Crippen molar-refractivity contribution in [1.82, 2.24) is 0 Å². The summed E-state index contributed by atoms with van der Waals surface area (Å²) in [6.07, 6.45) is 4.98. The van der Waals surface area contributed by atoms with Crippen LogP contribution in [0.4, 0.5) is 8.78 Å². The molecule has 2 rings (SSSR count). The molecule has 0 heterocycles. The van der Waals surface area contributed by atoms with Crippen molar-refractivity contribution in [2.75, 3.05) is 0 Å². The second kappa shape index (κ2) is 6.21. The fourth-order valence-corrected chi connectivity index (χ4v) is 3.68. The van der Waals surface area contributed by atoms with Gasteiger partial charge in [0.25, 0.3) is 0 Å². The minimum atomic E-state index is -0.571. The number of hydrogen-bond donors (Lipinski definition) is 1. The van der Waals surface area contributed by atoms with Crippen LogP contribution in [0.2, 0.25) is 0 Å². The van der Waals surface area contributed by atoms with E-state index in [2.05, 4.69) is 13.8 Å². The molecule has 1 N–H and O–H groups in total. The van der Waals surface area contributed by atoms with Crippen LogP contribution in [0.25, 0.3) is 0 Å². The minimum absolute atomic E-state index is 0.0883. The molecule has 1 nitrogen and oxygen atoms in total. The van der Waals surface area contributed by atoms with Crippen LogP contribution in [-0.2, 0) is 6.42 Å². The lowest BCUT2D eigenvalue weighted by atomic mass is 9.72. The Morgan fingerprint density at radius 1 is 1.20 bits per heavy atom. The molecular weight excluding hydrogens is 258 g/mol. The summed E-state index contributed by atoms with van der Waals surface area (Å²) < 4.78 is 26.7. The summed E-state index contributed by atoms with van der Waals surface area (Å²) in [5.74, 6) is -0.610. The van der Waals surface area contributed by atoms with Gasteiger partial charge in [0, 0.05) is 12.5 Å². The van der Waals surface area contributed by atoms with E-state index < -0.39 is 17.7 Å². The van der Waals surface area contributed by atoms with Crippen molar-refractivity contribution in [3.05, 3.63) is 35.4 Å². The van der Waals surface area contributed by atoms with E-state index in [-0.39, 0.29) is 11.8 Å². The van der Waals surface area contributed by atoms with Gasteiger partial charge in [-0.3, -0.25) is 0 Å². The second-order valence-corrected chi connectivity index (χ2v) is 6.62. The third kappa shape index (κ3) is 3.38. The van der Waals surface area contributed by atoms with Crippen molar-refractivity contribution in [3.63, 3.8) is 0 Å². The van der Waals surface area contributed by atoms with Crippen molar-refractivity contribution in [1.29, 1.82) is 0 Å². The van der Waals surface area contributed by atoms with Gasteiger partial charge in [0.1, 0.15) is 11.6 Å². The molecule has 1 saturated carbocycles. The average Bonchev–Trinajstić information content (AvgIpc) is 2.81. The third-order valence-electron chi connectivity index (χ3n) is 4.55. The van der Waals surface area contributed by atoms with Crippen LogP contribution >= 0.6 is 0 Å². The smallest absolute Gasteiger partial charge is 0.129 e. The molecule has 0 spiro atoms. The number of halogens is 2. The van der Waals surface area contributed by atoms with E-state index in [0.29, 0.717) is 11.5 Å². The molecule has 1 fully saturated rings. The molecule has 1 atom stereocenters. The maximum atomic E-state index is 13.7. The van der Waals surface area contributed by atoms with E-state index in [1.807, 2.05) is 0 Å². The maximum Gasteiger partial charge on any atom is 0.129 e. The monoisotopic (exact) mass is 282 g/mol. The van der Waals surface area contributed by atoms with Gasteiger partial charge in [-0.15, -0.1) is 0 Å². The van der Waals surface area contributed by atoms with Crippen LogP contribution in [0.5, 0.6) is 0 Å². The van der Waals surface area contributed by atoms with E-state index in [1.165, 1.54) is 12.1 Å². The largest absolute Gasteiger partial charge is 0.392 e. The zero-order chi connectivity index (χ0) is 14.8. The number of aliphatic hydroxyl groups is 1. The average molecular weight is 282 g/mol. The molecule has 1 aromatic carbocycles. The summed E-state index contributed by atoms with van der Waals surface area (Å²) in [7, 11) is 0. The summed E-state index contributed by atoms with van der Waals surface area (Å²) in [6.45, 7) is 4.32. The van der Waals surface area contributed by atoms with Crippen molar-refractivity contribution >= 4 is 0 Å². The summed E-state index contributed by atoms with van der Waals surface area (Å²) in [4.78, 5) is 0. The van der Waals surface area contributed by atoms with E-state index >= 15 is 0 Å². The Bertz CT molecular complexity index is 450. The predicted octanol–water partition coefficient (Wildman–Crippen LogP) is 4.47. The van der Waals surface area contributed by atoms with E-state index in [9.17, 15) is 13.9 Å². The summed E-state index contributed by atoms with van der Waals surface area (Å²) in [6, 6.07) is 3.60. The number of benzene rings is 1. The quantitative estimate of drug-likeness (QED) is 0.844. The predicted molar refractivity (Wildman–Crippen MR) is 76.4 cm³/mol.